The van der Waals surface area contributed by atoms with Gasteiger partial charge in [-0.1, -0.05) is 19.1 Å². The van der Waals surface area contributed by atoms with Gasteiger partial charge in [0.2, 0.25) is 5.91 Å². The maximum Gasteiger partial charge on any atom is 0.387 e. The molecule has 0 radical (unpaired) electrons. The van der Waals surface area contributed by atoms with Crippen LogP contribution in [0.1, 0.15) is 18.9 Å². The molecule has 1 aromatic carbocycles. The summed E-state index contributed by atoms with van der Waals surface area (Å²) in [4.78, 5) is 13.3. The zero-order valence-electron chi connectivity index (χ0n) is 11.0. The molecule has 1 unspecified atom stereocenters. The van der Waals surface area contributed by atoms with Crippen LogP contribution in [0, 0.1) is 0 Å². The number of amides is 1. The lowest BCUT2D eigenvalue weighted by atomic mass is 10.1. The van der Waals surface area contributed by atoms with Crippen molar-refractivity contribution in [1.82, 2.24) is 4.90 Å². The number of benzene rings is 1. The lowest BCUT2D eigenvalue weighted by Crippen LogP contribution is -2.40. The smallest absolute Gasteiger partial charge is 0.387 e. The number of alkyl halides is 2. The molecule has 0 aromatic heterocycles. The summed E-state index contributed by atoms with van der Waals surface area (Å²) < 4.78 is 28.2. The molecule has 19 heavy (non-hydrogen) atoms. The van der Waals surface area contributed by atoms with E-state index >= 15 is 0 Å². The van der Waals surface area contributed by atoms with E-state index in [9.17, 15) is 13.6 Å². The van der Waals surface area contributed by atoms with Crippen molar-refractivity contribution >= 4 is 5.91 Å². The summed E-state index contributed by atoms with van der Waals surface area (Å²) in [7, 11) is 1.65. The summed E-state index contributed by atoms with van der Waals surface area (Å²) in [5.41, 5.74) is 6.48. The van der Waals surface area contributed by atoms with E-state index in [0.29, 0.717) is 13.0 Å². The van der Waals surface area contributed by atoms with E-state index < -0.39 is 12.7 Å². The Bertz CT molecular complexity index is 410. The van der Waals surface area contributed by atoms with Gasteiger partial charge in [0.25, 0.3) is 0 Å². The van der Waals surface area contributed by atoms with Crippen LogP contribution in [0.4, 0.5) is 8.78 Å². The van der Waals surface area contributed by atoms with Crippen LogP contribution in [-0.2, 0) is 11.3 Å². The number of nitrogens with two attached hydrogens (primary N) is 1. The minimum atomic E-state index is -2.84. The van der Waals surface area contributed by atoms with Gasteiger partial charge in [0.1, 0.15) is 5.75 Å². The molecule has 1 rings (SSSR count). The highest BCUT2D eigenvalue weighted by atomic mass is 19.3. The predicted octanol–water partition coefficient (Wildman–Crippen LogP) is 1.98. The number of ether oxygens (including phenoxy) is 1. The van der Waals surface area contributed by atoms with Crippen LogP contribution >= 0.6 is 0 Å². The molecule has 0 aliphatic rings. The van der Waals surface area contributed by atoms with Gasteiger partial charge in [0.15, 0.2) is 0 Å². The number of hydrogen-bond donors (Lipinski definition) is 1. The van der Waals surface area contributed by atoms with Crippen molar-refractivity contribution in [2.24, 2.45) is 5.73 Å². The molecule has 0 aliphatic carbocycles. The van der Waals surface area contributed by atoms with Crippen molar-refractivity contribution in [2.45, 2.75) is 32.5 Å². The molecule has 6 heteroatoms. The van der Waals surface area contributed by atoms with E-state index in [0.717, 1.165) is 5.56 Å². The molecular formula is C13H18F2N2O2. The first kappa shape index (κ1) is 15.4. The van der Waals surface area contributed by atoms with Crippen LogP contribution in [-0.4, -0.2) is 30.5 Å². The number of halogens is 2. The molecule has 0 saturated carbocycles. The van der Waals surface area contributed by atoms with Crippen LogP contribution in [0.2, 0.25) is 0 Å². The van der Waals surface area contributed by atoms with Gasteiger partial charge in [-0.05, 0) is 24.1 Å². The monoisotopic (exact) mass is 272 g/mol. The minimum absolute atomic E-state index is 0.0954. The maximum absolute atomic E-state index is 12.0. The highest BCUT2D eigenvalue weighted by Gasteiger charge is 2.16. The van der Waals surface area contributed by atoms with E-state index in [1.807, 2.05) is 6.92 Å². The number of likely N-dealkylation sites (N-methyl/N-ethyl adjacent to an activating group) is 1. The van der Waals surface area contributed by atoms with Crippen LogP contribution in [0.25, 0.3) is 0 Å². The molecule has 0 spiro atoms. The number of carbonyl (C=O) groups is 1. The van der Waals surface area contributed by atoms with Gasteiger partial charge in [-0.15, -0.1) is 0 Å². The van der Waals surface area contributed by atoms with E-state index in [1.54, 1.807) is 19.2 Å². The second-order valence-electron chi connectivity index (χ2n) is 4.23. The fourth-order valence-electron chi connectivity index (χ4n) is 1.59. The Balaban J connectivity index is 2.60. The Kier molecular flexibility index (Phi) is 5.69. The van der Waals surface area contributed by atoms with E-state index in [2.05, 4.69) is 4.74 Å². The third kappa shape index (κ3) is 4.82. The number of carbonyl (C=O) groups excluding carboxylic acids is 1. The summed E-state index contributed by atoms with van der Waals surface area (Å²) in [5.74, 6) is -0.0478. The van der Waals surface area contributed by atoms with Gasteiger partial charge in [0.05, 0.1) is 6.04 Å². The lowest BCUT2D eigenvalue weighted by Gasteiger charge is -2.20. The summed E-state index contributed by atoms with van der Waals surface area (Å²) in [6.45, 7) is -0.619. The molecule has 0 bridgehead atoms. The molecule has 0 heterocycles. The van der Waals surface area contributed by atoms with Crippen molar-refractivity contribution in [3.05, 3.63) is 29.8 Å². The van der Waals surface area contributed by atoms with Crippen molar-refractivity contribution in [3.63, 3.8) is 0 Å². The van der Waals surface area contributed by atoms with Crippen LogP contribution < -0.4 is 10.5 Å². The Morgan fingerprint density at radius 1 is 1.37 bits per heavy atom. The highest BCUT2D eigenvalue weighted by Crippen LogP contribution is 2.15. The molecule has 0 fully saturated rings. The van der Waals surface area contributed by atoms with Crippen molar-refractivity contribution in [2.75, 3.05) is 7.05 Å². The highest BCUT2D eigenvalue weighted by molar-refractivity contribution is 5.81. The summed E-state index contributed by atoms with van der Waals surface area (Å²) in [6, 6.07) is 5.66. The number of rotatable bonds is 6. The zero-order chi connectivity index (χ0) is 14.4. The van der Waals surface area contributed by atoms with Gasteiger partial charge in [0, 0.05) is 13.6 Å². The average molecular weight is 272 g/mol. The standard InChI is InChI=1S/C13H18F2N2O2/c1-3-11(16)12(18)17(2)8-9-4-6-10(7-5-9)19-13(14)15/h4-7,11,13H,3,8,16H2,1-2H3. The first-order chi connectivity index (χ1) is 8.93. The fraction of sp³-hybridized carbons (Fsp3) is 0.462. The topological polar surface area (TPSA) is 55.6 Å². The first-order valence-corrected chi connectivity index (χ1v) is 5.98. The molecule has 1 atom stereocenters. The normalized spacial score (nSPS) is 12.3. The summed E-state index contributed by atoms with van der Waals surface area (Å²) in [6.07, 6.45) is 0.574. The molecule has 106 valence electrons. The number of hydrogen-bond acceptors (Lipinski definition) is 3. The molecule has 2 N–H and O–H groups in total. The third-order valence-corrected chi connectivity index (χ3v) is 2.70. The second kappa shape index (κ2) is 7.04. The van der Waals surface area contributed by atoms with Crippen molar-refractivity contribution in [3.8, 4) is 5.75 Å². The third-order valence-electron chi connectivity index (χ3n) is 2.70. The largest absolute Gasteiger partial charge is 0.435 e. The first-order valence-electron chi connectivity index (χ1n) is 5.98. The van der Waals surface area contributed by atoms with Gasteiger partial charge < -0.3 is 15.4 Å². The Labute approximate surface area is 111 Å². The van der Waals surface area contributed by atoms with Gasteiger partial charge >= 0.3 is 6.61 Å². The van der Waals surface area contributed by atoms with Crippen LogP contribution in [0.15, 0.2) is 24.3 Å². The molecule has 1 amide bonds. The van der Waals surface area contributed by atoms with Crippen molar-refractivity contribution in [1.29, 1.82) is 0 Å². The lowest BCUT2D eigenvalue weighted by molar-refractivity contribution is -0.131. The fourth-order valence-corrected chi connectivity index (χ4v) is 1.59. The van der Waals surface area contributed by atoms with E-state index in [4.69, 9.17) is 5.73 Å². The average Bonchev–Trinajstić information content (AvgIpc) is 2.38. The molecule has 4 nitrogen and oxygen atoms in total. The zero-order valence-corrected chi connectivity index (χ0v) is 11.0. The van der Waals surface area contributed by atoms with E-state index in [1.165, 1.54) is 17.0 Å². The molecule has 0 aliphatic heterocycles. The minimum Gasteiger partial charge on any atom is -0.435 e. The predicted molar refractivity (Wildman–Crippen MR) is 67.8 cm³/mol. The number of nitrogens with zero attached hydrogens (tertiary/aromatic N) is 1. The van der Waals surface area contributed by atoms with Gasteiger partial charge in [-0.2, -0.15) is 8.78 Å². The second-order valence-corrected chi connectivity index (χ2v) is 4.23. The quantitative estimate of drug-likeness (QED) is 0.861. The maximum atomic E-state index is 12.0. The van der Waals surface area contributed by atoms with Gasteiger partial charge in [-0.3, -0.25) is 4.79 Å². The van der Waals surface area contributed by atoms with E-state index in [-0.39, 0.29) is 11.7 Å². The summed E-state index contributed by atoms with van der Waals surface area (Å²) in [5, 5.41) is 0. The molecular weight excluding hydrogens is 254 g/mol. The molecule has 1 aromatic rings. The Morgan fingerprint density at radius 3 is 2.42 bits per heavy atom. The SMILES string of the molecule is CCC(N)C(=O)N(C)Cc1ccc(OC(F)F)cc1. The van der Waals surface area contributed by atoms with Crippen LogP contribution in [0.3, 0.4) is 0 Å². The Morgan fingerprint density at radius 2 is 1.95 bits per heavy atom. The van der Waals surface area contributed by atoms with Crippen LogP contribution in [0.5, 0.6) is 5.75 Å². The summed E-state index contributed by atoms with van der Waals surface area (Å²) >= 11 is 0. The van der Waals surface area contributed by atoms with Gasteiger partial charge in [-0.25, -0.2) is 0 Å². The Hall–Kier alpha value is -1.69. The van der Waals surface area contributed by atoms with Crippen molar-refractivity contribution < 1.29 is 18.3 Å². The molecule has 0 saturated heterocycles.